The number of rotatable bonds is 7. The summed E-state index contributed by atoms with van der Waals surface area (Å²) in [6.07, 6.45) is 4.01. The molecule has 1 N–H and O–H groups in total. The van der Waals surface area contributed by atoms with E-state index in [4.69, 9.17) is 14.8 Å². The van der Waals surface area contributed by atoms with Crippen LogP contribution in [0.15, 0.2) is 54.7 Å². The smallest absolute Gasteiger partial charge is 0.137 e. The average Bonchev–Trinajstić information content (AvgIpc) is 3.66. The van der Waals surface area contributed by atoms with Crippen molar-refractivity contribution in [1.29, 1.82) is 0 Å². The van der Waals surface area contributed by atoms with Crippen molar-refractivity contribution in [2.75, 3.05) is 0 Å². The van der Waals surface area contributed by atoms with Crippen molar-refractivity contribution >= 4 is 21.4 Å². The Kier molecular flexibility index (Phi) is 6.96. The first-order valence-electron chi connectivity index (χ1n) is 13.3. The lowest BCUT2D eigenvalue weighted by molar-refractivity contribution is -0.0112. The minimum Gasteiger partial charge on any atom is -0.490 e. The molecular formula is C30H30F2N6O2S. The molecule has 0 saturated carbocycles. The zero-order chi connectivity index (χ0) is 29.0. The molecule has 6 rings (SSSR count). The molecule has 8 nitrogen and oxygen atoms in total. The van der Waals surface area contributed by atoms with Crippen molar-refractivity contribution in [2.24, 2.45) is 7.05 Å². The first-order valence-corrected chi connectivity index (χ1v) is 14.2. The van der Waals surface area contributed by atoms with E-state index in [1.54, 1.807) is 10.9 Å². The van der Waals surface area contributed by atoms with Crippen molar-refractivity contribution in [3.8, 4) is 39.5 Å². The molecule has 0 aliphatic carbocycles. The maximum Gasteiger partial charge on any atom is 0.137 e. The summed E-state index contributed by atoms with van der Waals surface area (Å²) in [6, 6.07) is 5.95. The van der Waals surface area contributed by atoms with Crippen molar-refractivity contribution in [3.05, 3.63) is 72.0 Å². The second-order valence-electron chi connectivity index (χ2n) is 10.6. The molecule has 5 aromatic rings. The Balaban J connectivity index is 1.64. The lowest BCUT2D eigenvalue weighted by atomic mass is 9.97. The molecule has 11 heteroatoms. The number of hydrogen-bond acceptors (Lipinski definition) is 7. The number of aliphatic hydroxyl groups is 1. The summed E-state index contributed by atoms with van der Waals surface area (Å²) in [5, 5.41) is 22.5. The normalized spacial score (nSPS) is 16.3. The maximum absolute atomic E-state index is 15.8. The Morgan fingerprint density at radius 1 is 1.20 bits per heavy atom. The molecule has 2 atom stereocenters. The maximum atomic E-state index is 15.8. The highest BCUT2D eigenvalue weighted by atomic mass is 32.1. The lowest BCUT2D eigenvalue weighted by Gasteiger charge is -2.35. The number of pyridine rings is 1. The number of hydrogen-bond donors (Lipinski definition) is 1. The monoisotopic (exact) mass is 576 g/mol. The van der Waals surface area contributed by atoms with E-state index in [0.29, 0.717) is 35.7 Å². The van der Waals surface area contributed by atoms with Gasteiger partial charge in [-0.15, -0.1) is 11.3 Å². The zero-order valence-corrected chi connectivity index (χ0v) is 24.0. The fourth-order valence-electron chi connectivity index (χ4n) is 5.39. The number of thiophene rings is 1. The molecule has 41 heavy (non-hydrogen) atoms. The van der Waals surface area contributed by atoms with Gasteiger partial charge in [0, 0.05) is 59.2 Å². The van der Waals surface area contributed by atoms with Crippen LogP contribution in [0.2, 0.25) is 0 Å². The molecule has 212 valence electrons. The van der Waals surface area contributed by atoms with Gasteiger partial charge in [-0.2, -0.15) is 10.2 Å². The molecule has 0 spiro atoms. The van der Waals surface area contributed by atoms with Gasteiger partial charge in [0.1, 0.15) is 35.0 Å². The van der Waals surface area contributed by atoms with Crippen LogP contribution in [-0.4, -0.2) is 52.9 Å². The Bertz CT molecular complexity index is 1770. The van der Waals surface area contributed by atoms with Gasteiger partial charge in [0.25, 0.3) is 0 Å². The van der Waals surface area contributed by atoms with Crippen molar-refractivity contribution in [3.63, 3.8) is 0 Å². The largest absolute Gasteiger partial charge is 0.490 e. The van der Waals surface area contributed by atoms with Crippen LogP contribution in [0.5, 0.6) is 5.75 Å². The van der Waals surface area contributed by atoms with E-state index in [9.17, 15) is 9.50 Å². The van der Waals surface area contributed by atoms with Gasteiger partial charge in [-0.1, -0.05) is 6.58 Å². The number of fused-ring (bicyclic) bond motifs is 2. The SMILES string of the molecule is C=CC(O)N1Cc2cc(-c3nc(-c4cnn(C)c4)c4ccsc4c3-c3c(F)cc(F)cc3OC(C)C)nn2C[C@H]1C. The first kappa shape index (κ1) is 27.3. The van der Waals surface area contributed by atoms with Crippen molar-refractivity contribution < 1.29 is 18.6 Å². The van der Waals surface area contributed by atoms with Gasteiger partial charge in [0.15, 0.2) is 0 Å². The van der Waals surface area contributed by atoms with Crippen LogP contribution in [0.1, 0.15) is 26.5 Å². The summed E-state index contributed by atoms with van der Waals surface area (Å²) in [5.74, 6) is -1.37. The topological polar surface area (TPSA) is 81.2 Å². The molecule has 0 saturated heterocycles. The van der Waals surface area contributed by atoms with Crippen molar-refractivity contribution in [1.82, 2.24) is 29.4 Å². The van der Waals surface area contributed by atoms with Gasteiger partial charge in [-0.25, -0.2) is 13.8 Å². The second-order valence-corrected chi connectivity index (χ2v) is 11.5. The van der Waals surface area contributed by atoms with Gasteiger partial charge >= 0.3 is 0 Å². The number of benzene rings is 1. The fourth-order valence-corrected chi connectivity index (χ4v) is 6.34. The van der Waals surface area contributed by atoms with Gasteiger partial charge < -0.3 is 9.84 Å². The molecule has 5 heterocycles. The standard InChI is InChI=1S/C30H30F2N6O2S/c1-6-25(39)37-15-20-11-23(35-38(20)13-17(37)4)29-27(26-22(32)9-19(31)10-24(26)40-16(2)3)30-21(7-8-41-30)28(34-29)18-12-33-36(5)14-18/h6-12,14,16-17,25,39H,1,13,15H2,2-5H3/t17-,25?/m1/s1. The van der Waals surface area contributed by atoms with E-state index < -0.39 is 17.9 Å². The molecule has 1 aromatic carbocycles. The third kappa shape index (κ3) is 4.83. The molecule has 1 aliphatic heterocycles. The number of aryl methyl sites for hydroxylation is 1. The third-order valence-corrected chi connectivity index (χ3v) is 8.15. The van der Waals surface area contributed by atoms with Crippen LogP contribution in [0.25, 0.3) is 43.9 Å². The molecule has 0 radical (unpaired) electrons. The molecule has 4 aromatic heterocycles. The summed E-state index contributed by atoms with van der Waals surface area (Å²) in [7, 11) is 1.83. The van der Waals surface area contributed by atoms with E-state index >= 15 is 4.39 Å². The predicted molar refractivity (Wildman–Crippen MR) is 155 cm³/mol. The van der Waals surface area contributed by atoms with Gasteiger partial charge in [0.05, 0.1) is 35.8 Å². The highest BCUT2D eigenvalue weighted by Crippen LogP contribution is 2.47. The zero-order valence-electron chi connectivity index (χ0n) is 23.2. The van der Waals surface area contributed by atoms with E-state index in [2.05, 4.69) is 11.7 Å². The quantitative estimate of drug-likeness (QED) is 0.239. The van der Waals surface area contributed by atoms with Crippen LogP contribution in [-0.2, 0) is 20.1 Å². The predicted octanol–water partition coefficient (Wildman–Crippen LogP) is 6.00. The summed E-state index contributed by atoms with van der Waals surface area (Å²) < 4.78 is 40.6. The summed E-state index contributed by atoms with van der Waals surface area (Å²) in [4.78, 5) is 7.03. The number of nitrogens with zero attached hydrogens (tertiary/aromatic N) is 6. The summed E-state index contributed by atoms with van der Waals surface area (Å²) in [6.45, 7) is 10.4. The van der Waals surface area contributed by atoms with Crippen LogP contribution < -0.4 is 4.74 Å². The minimum atomic E-state index is -0.797. The lowest BCUT2D eigenvalue weighted by Crippen LogP contribution is -2.46. The number of aromatic nitrogens is 5. The Morgan fingerprint density at radius 3 is 2.71 bits per heavy atom. The highest BCUT2D eigenvalue weighted by Gasteiger charge is 2.31. The Hall–Kier alpha value is -3.93. The van der Waals surface area contributed by atoms with Crippen LogP contribution in [0, 0.1) is 11.6 Å². The first-order chi connectivity index (χ1) is 19.6. The molecule has 0 fully saturated rings. The highest BCUT2D eigenvalue weighted by molar-refractivity contribution is 7.18. The van der Waals surface area contributed by atoms with Gasteiger partial charge in [0.2, 0.25) is 0 Å². The number of ether oxygens (including phenoxy) is 1. The van der Waals surface area contributed by atoms with E-state index in [-0.39, 0.29) is 23.5 Å². The molecular weight excluding hydrogens is 546 g/mol. The fraction of sp³-hybridized carbons (Fsp3) is 0.300. The number of halogens is 2. The molecule has 0 amide bonds. The van der Waals surface area contributed by atoms with Crippen LogP contribution >= 0.6 is 11.3 Å². The van der Waals surface area contributed by atoms with E-state index in [1.807, 2.05) is 61.1 Å². The van der Waals surface area contributed by atoms with Crippen LogP contribution in [0.3, 0.4) is 0 Å². The average molecular weight is 577 g/mol. The second kappa shape index (κ2) is 10.5. The molecule has 0 bridgehead atoms. The van der Waals surface area contributed by atoms with Crippen LogP contribution in [0.4, 0.5) is 8.78 Å². The van der Waals surface area contributed by atoms with E-state index in [0.717, 1.165) is 27.4 Å². The summed E-state index contributed by atoms with van der Waals surface area (Å²) in [5.41, 5.74) is 3.97. The Labute approximate surface area is 240 Å². The number of aliphatic hydroxyl groups excluding tert-OH is 1. The third-order valence-electron chi connectivity index (χ3n) is 7.22. The van der Waals surface area contributed by atoms with Crippen molar-refractivity contribution in [2.45, 2.75) is 52.2 Å². The summed E-state index contributed by atoms with van der Waals surface area (Å²) >= 11 is 1.45. The minimum absolute atomic E-state index is 0.00185. The van der Waals surface area contributed by atoms with Gasteiger partial charge in [-0.05, 0) is 44.4 Å². The molecule has 1 unspecified atom stereocenters. The van der Waals surface area contributed by atoms with Gasteiger partial charge in [-0.3, -0.25) is 14.3 Å². The molecule has 1 aliphatic rings. The Morgan fingerprint density at radius 2 is 2.00 bits per heavy atom. The van der Waals surface area contributed by atoms with E-state index in [1.165, 1.54) is 23.5 Å².